The number of alkyl halides is 6. The summed E-state index contributed by atoms with van der Waals surface area (Å²) < 4.78 is 131. The molecule has 1 fully saturated rings. The highest BCUT2D eigenvalue weighted by Crippen LogP contribution is 2.52. The van der Waals surface area contributed by atoms with Gasteiger partial charge in [0.25, 0.3) is 18.3 Å². The number of benzene rings is 2. The number of fused-ring (bicyclic) bond motifs is 1. The van der Waals surface area contributed by atoms with Crippen molar-refractivity contribution in [1.82, 2.24) is 24.6 Å². The molecule has 6 rings (SSSR count). The number of aromatic nitrogens is 4. The van der Waals surface area contributed by atoms with Gasteiger partial charge in [-0.1, -0.05) is 6.07 Å². The van der Waals surface area contributed by atoms with Gasteiger partial charge in [-0.05, 0) is 74.7 Å². The molecule has 2 aromatic heterocycles. The third-order valence-corrected chi connectivity index (χ3v) is 9.63. The predicted molar refractivity (Wildman–Crippen MR) is 178 cm³/mol. The number of nitrogens with zero attached hydrogens (tertiary/aromatic N) is 5. The Labute approximate surface area is 303 Å². The van der Waals surface area contributed by atoms with Gasteiger partial charge in [-0.2, -0.15) is 13.9 Å². The second kappa shape index (κ2) is 15.5. The number of likely N-dealkylation sites (tertiary alicyclic amines) is 1. The molecule has 2 aromatic carbocycles. The number of Topliss-reactive ketones (excluding diaryl/α,β-unsaturated/α-hetero) is 2. The third kappa shape index (κ3) is 8.45. The lowest BCUT2D eigenvalue weighted by Crippen LogP contribution is -2.33. The topological polar surface area (TPSA) is 93.0 Å². The van der Waals surface area contributed by atoms with Gasteiger partial charge < -0.3 is 10.2 Å². The summed E-state index contributed by atoms with van der Waals surface area (Å²) in [6.45, 7) is 2.89. The number of carbonyl (C=O) groups excluding carboxylic acids is 2. The maximum atomic E-state index is 15.1. The number of hydrogen-bond donors (Lipinski definition) is 1. The Bertz CT molecular complexity index is 2030. The molecule has 0 saturated carbocycles. The van der Waals surface area contributed by atoms with Gasteiger partial charge in [0.05, 0.1) is 16.8 Å². The average molecular weight is 767 g/mol. The summed E-state index contributed by atoms with van der Waals surface area (Å²) in [6.07, 6.45) is -3.92. The number of hydrogen-bond acceptors (Lipinski definition) is 7. The van der Waals surface area contributed by atoms with Crippen molar-refractivity contribution in [3.8, 4) is 11.1 Å². The second-order valence-corrected chi connectivity index (χ2v) is 13.6. The van der Waals surface area contributed by atoms with E-state index in [4.69, 9.17) is 0 Å². The van der Waals surface area contributed by atoms with E-state index in [9.17, 15) is 40.3 Å². The van der Waals surface area contributed by atoms with Crippen LogP contribution in [-0.2, 0) is 29.6 Å². The van der Waals surface area contributed by atoms with Crippen LogP contribution in [-0.4, -0.2) is 62.4 Å². The van der Waals surface area contributed by atoms with E-state index in [1.54, 1.807) is 0 Å². The molecular weight excluding hydrogens is 731 g/mol. The summed E-state index contributed by atoms with van der Waals surface area (Å²) >= 11 is 0. The van der Waals surface area contributed by atoms with Crippen molar-refractivity contribution in [1.29, 1.82) is 0 Å². The van der Waals surface area contributed by atoms with Gasteiger partial charge in [-0.15, -0.1) is 0 Å². The SMILES string of the molecule is CC(=O)c1cc(-c2cnc(NCCN3CCCC3)nc2[C@@H](CC(=O)Cn2nc(C(F)F)c3c2C(F)(F)CCC3(F)F)Cc2cc(F)cc(F)c2)ccc1F. The van der Waals surface area contributed by atoms with E-state index in [0.717, 1.165) is 51.1 Å². The minimum atomic E-state index is -4.06. The van der Waals surface area contributed by atoms with Gasteiger partial charge >= 0.3 is 0 Å². The molecule has 8 nitrogen and oxygen atoms in total. The predicted octanol–water partition coefficient (Wildman–Crippen LogP) is 8.37. The Balaban J connectivity index is 1.42. The fraction of sp³-hybridized carbons (Fsp3) is 0.432. The van der Waals surface area contributed by atoms with Crippen LogP contribution in [0.5, 0.6) is 0 Å². The van der Waals surface area contributed by atoms with Gasteiger partial charge in [0.15, 0.2) is 11.6 Å². The van der Waals surface area contributed by atoms with Crippen molar-refractivity contribution in [2.45, 2.75) is 76.2 Å². The van der Waals surface area contributed by atoms with E-state index >= 15 is 8.78 Å². The van der Waals surface area contributed by atoms with Gasteiger partial charge in [0.1, 0.15) is 35.4 Å². The van der Waals surface area contributed by atoms with Crippen LogP contribution >= 0.6 is 0 Å². The Kier molecular flexibility index (Phi) is 11.2. The molecule has 1 atom stereocenters. The molecule has 0 radical (unpaired) electrons. The monoisotopic (exact) mass is 766 g/mol. The van der Waals surface area contributed by atoms with Crippen LogP contribution in [0.2, 0.25) is 0 Å². The second-order valence-electron chi connectivity index (χ2n) is 13.6. The molecule has 1 aliphatic heterocycles. The number of ketones is 2. The minimum absolute atomic E-state index is 0.0459. The largest absolute Gasteiger partial charge is 0.353 e. The molecule has 0 amide bonds. The smallest absolute Gasteiger partial charge is 0.290 e. The molecule has 1 aliphatic carbocycles. The van der Waals surface area contributed by atoms with Gasteiger partial charge in [0.2, 0.25) is 5.95 Å². The fourth-order valence-corrected chi connectivity index (χ4v) is 7.13. The number of rotatable bonds is 14. The normalized spacial score (nSPS) is 17.1. The van der Waals surface area contributed by atoms with E-state index in [-0.39, 0.29) is 45.0 Å². The first-order chi connectivity index (χ1) is 25.5. The van der Waals surface area contributed by atoms with Crippen molar-refractivity contribution < 1.29 is 49.1 Å². The van der Waals surface area contributed by atoms with Gasteiger partial charge in [-0.3, -0.25) is 14.3 Å². The lowest BCUT2D eigenvalue weighted by Gasteiger charge is -2.29. The quantitative estimate of drug-likeness (QED) is 0.102. The number of carbonyl (C=O) groups is 2. The van der Waals surface area contributed by atoms with E-state index in [2.05, 4.69) is 25.3 Å². The molecule has 4 aromatic rings. The van der Waals surface area contributed by atoms with Gasteiger partial charge in [0, 0.05) is 56.1 Å². The van der Waals surface area contributed by atoms with Crippen molar-refractivity contribution in [3.05, 3.63) is 93.8 Å². The molecular formula is C37H35F9N6O2. The first-order valence-electron chi connectivity index (χ1n) is 17.3. The number of halogens is 9. The molecule has 2 aliphatic rings. The Morgan fingerprint density at radius 1 is 0.926 bits per heavy atom. The van der Waals surface area contributed by atoms with E-state index in [1.807, 2.05) is 0 Å². The lowest BCUT2D eigenvalue weighted by atomic mass is 9.86. The van der Waals surface area contributed by atoms with Crippen molar-refractivity contribution in [2.24, 2.45) is 0 Å². The Morgan fingerprint density at radius 3 is 2.28 bits per heavy atom. The fourth-order valence-electron chi connectivity index (χ4n) is 7.13. The first-order valence-corrected chi connectivity index (χ1v) is 17.3. The molecule has 288 valence electrons. The zero-order chi connectivity index (χ0) is 38.9. The lowest BCUT2D eigenvalue weighted by molar-refractivity contribution is -0.121. The summed E-state index contributed by atoms with van der Waals surface area (Å²) in [6, 6.07) is 6.24. The highest BCUT2D eigenvalue weighted by molar-refractivity contribution is 5.95. The van der Waals surface area contributed by atoms with Crippen molar-refractivity contribution in [3.63, 3.8) is 0 Å². The molecule has 1 saturated heterocycles. The standard InChI is InChI=1S/C37H35F9N6O2/c1-20(53)27-16-22(4-5-29(27)40)28-18-48-35(47-8-11-51-9-2-3-10-51)49-31(28)23(12-21-13-24(38)17-25(39)14-21)15-26(54)19-52-33-30(32(50-52)34(41)42)36(43,44)6-7-37(33,45)46/h4-5,13-14,16-18,23,34H,2-3,6-12,15,19H2,1H3,(H,47,48,49)/t23-/m1/s1. The van der Waals surface area contributed by atoms with Crippen LogP contribution in [0.15, 0.2) is 42.6 Å². The average Bonchev–Trinajstić information content (AvgIpc) is 3.76. The Hall–Kier alpha value is -4.80. The molecule has 3 heterocycles. The van der Waals surface area contributed by atoms with Crippen LogP contribution in [0.1, 0.15) is 89.9 Å². The third-order valence-electron chi connectivity index (χ3n) is 9.63. The Morgan fingerprint density at radius 2 is 1.61 bits per heavy atom. The molecule has 17 heteroatoms. The highest BCUT2D eigenvalue weighted by atomic mass is 19.3. The zero-order valence-electron chi connectivity index (χ0n) is 28.9. The molecule has 0 unspecified atom stereocenters. The van der Waals surface area contributed by atoms with Gasteiger partial charge in [-0.25, -0.2) is 40.7 Å². The van der Waals surface area contributed by atoms with E-state index in [1.165, 1.54) is 18.3 Å². The number of nitrogens with one attached hydrogen (secondary N) is 1. The summed E-state index contributed by atoms with van der Waals surface area (Å²) in [5.41, 5.74) is -4.41. The van der Waals surface area contributed by atoms with Crippen LogP contribution in [0.3, 0.4) is 0 Å². The first kappa shape index (κ1) is 38.9. The zero-order valence-corrected chi connectivity index (χ0v) is 28.9. The maximum Gasteiger partial charge on any atom is 0.290 e. The van der Waals surface area contributed by atoms with Crippen LogP contribution < -0.4 is 5.32 Å². The molecule has 0 bridgehead atoms. The highest BCUT2D eigenvalue weighted by Gasteiger charge is 2.55. The maximum absolute atomic E-state index is 15.1. The summed E-state index contributed by atoms with van der Waals surface area (Å²) in [5.74, 6) is -13.4. The molecule has 1 N–H and O–H groups in total. The molecule has 54 heavy (non-hydrogen) atoms. The number of anilines is 1. The summed E-state index contributed by atoms with van der Waals surface area (Å²) in [4.78, 5) is 37.3. The van der Waals surface area contributed by atoms with E-state index in [0.29, 0.717) is 19.2 Å². The molecule has 0 spiro atoms. The van der Waals surface area contributed by atoms with Crippen LogP contribution in [0, 0.1) is 17.5 Å². The van der Waals surface area contributed by atoms with Crippen molar-refractivity contribution in [2.75, 3.05) is 31.5 Å². The van der Waals surface area contributed by atoms with Crippen LogP contribution in [0.4, 0.5) is 45.5 Å². The van der Waals surface area contributed by atoms with E-state index < -0.39 is 96.0 Å². The van der Waals surface area contributed by atoms with Crippen LogP contribution in [0.25, 0.3) is 11.1 Å². The minimum Gasteiger partial charge on any atom is -0.353 e. The van der Waals surface area contributed by atoms with Crippen molar-refractivity contribution >= 4 is 17.5 Å². The summed E-state index contributed by atoms with van der Waals surface area (Å²) in [7, 11) is 0. The summed E-state index contributed by atoms with van der Waals surface area (Å²) in [5, 5.41) is 6.47.